The summed E-state index contributed by atoms with van der Waals surface area (Å²) in [6.45, 7) is 3.36. The van der Waals surface area contributed by atoms with Crippen LogP contribution in [0.2, 0.25) is 0 Å². The van der Waals surface area contributed by atoms with Gasteiger partial charge in [0.25, 0.3) is 0 Å². The van der Waals surface area contributed by atoms with E-state index in [1.54, 1.807) is 18.3 Å². The molecule has 0 unspecified atom stereocenters. The number of phenols is 1. The molecule has 0 bridgehead atoms. The molecule has 5 heteroatoms. The van der Waals surface area contributed by atoms with Crippen LogP contribution in [0, 0.1) is 5.92 Å². The van der Waals surface area contributed by atoms with E-state index in [-0.39, 0.29) is 11.7 Å². The minimum atomic E-state index is 0.186. The number of nitrogens with zero attached hydrogens (tertiary/aromatic N) is 3. The van der Waals surface area contributed by atoms with Crippen molar-refractivity contribution in [3.63, 3.8) is 0 Å². The first-order valence-electron chi connectivity index (χ1n) is 9.73. The normalized spacial score (nSPS) is 15.6. The van der Waals surface area contributed by atoms with Crippen molar-refractivity contribution in [3.05, 3.63) is 59.9 Å². The molecule has 3 rings (SSSR count). The van der Waals surface area contributed by atoms with Crippen molar-refractivity contribution in [1.29, 1.82) is 0 Å². The number of piperidine rings is 1. The predicted molar refractivity (Wildman–Crippen MR) is 106 cm³/mol. The van der Waals surface area contributed by atoms with Crippen LogP contribution in [-0.2, 0) is 17.9 Å². The molecule has 1 aromatic heterocycles. The minimum absolute atomic E-state index is 0.186. The minimum Gasteiger partial charge on any atom is -0.508 e. The van der Waals surface area contributed by atoms with Gasteiger partial charge in [0.2, 0.25) is 5.91 Å². The zero-order chi connectivity index (χ0) is 19.1. The zero-order valence-corrected chi connectivity index (χ0v) is 16.1. The summed E-state index contributed by atoms with van der Waals surface area (Å²) in [6.07, 6.45) is 7.48. The standard InChI is InChI=1S/C22H29N3O2/c1-24-13-10-18(11-14-24)6-9-22(27)25(17-20-3-2-12-23-15-20)16-19-4-7-21(26)8-5-19/h2-5,7-8,12,15,18,26H,6,9-11,13-14,16-17H2,1H3. The van der Waals surface area contributed by atoms with Crippen LogP contribution >= 0.6 is 0 Å². The lowest BCUT2D eigenvalue weighted by molar-refractivity contribution is -0.132. The highest BCUT2D eigenvalue weighted by Gasteiger charge is 2.20. The van der Waals surface area contributed by atoms with E-state index >= 15 is 0 Å². The third-order valence-electron chi connectivity index (χ3n) is 5.36. The second kappa shape index (κ2) is 9.51. The summed E-state index contributed by atoms with van der Waals surface area (Å²) in [7, 11) is 2.16. The number of hydrogen-bond acceptors (Lipinski definition) is 4. The molecule has 27 heavy (non-hydrogen) atoms. The zero-order valence-electron chi connectivity index (χ0n) is 16.1. The van der Waals surface area contributed by atoms with E-state index in [1.165, 1.54) is 12.8 Å². The van der Waals surface area contributed by atoms with Crippen LogP contribution in [0.4, 0.5) is 0 Å². The second-order valence-corrected chi connectivity index (χ2v) is 7.56. The Morgan fingerprint density at radius 2 is 1.85 bits per heavy atom. The Kier molecular flexibility index (Phi) is 6.82. The molecule has 0 spiro atoms. The summed E-state index contributed by atoms with van der Waals surface area (Å²) >= 11 is 0. The molecule has 1 amide bonds. The number of likely N-dealkylation sites (tertiary alicyclic amines) is 1. The average Bonchev–Trinajstić information content (AvgIpc) is 2.69. The van der Waals surface area contributed by atoms with Gasteiger partial charge in [-0.05, 0) is 74.6 Å². The number of benzene rings is 1. The highest BCUT2D eigenvalue weighted by molar-refractivity contribution is 5.76. The Hall–Kier alpha value is -2.40. The summed E-state index contributed by atoms with van der Waals surface area (Å²) < 4.78 is 0. The molecular weight excluding hydrogens is 338 g/mol. The van der Waals surface area contributed by atoms with Gasteiger partial charge in [-0.1, -0.05) is 18.2 Å². The number of pyridine rings is 1. The van der Waals surface area contributed by atoms with Crippen molar-refractivity contribution in [3.8, 4) is 5.75 Å². The molecule has 1 fully saturated rings. The van der Waals surface area contributed by atoms with Gasteiger partial charge < -0.3 is 14.9 Å². The maximum atomic E-state index is 13.0. The van der Waals surface area contributed by atoms with Gasteiger partial charge in [0.05, 0.1) is 0 Å². The first kappa shape index (κ1) is 19.4. The molecular formula is C22H29N3O2. The van der Waals surface area contributed by atoms with Gasteiger partial charge in [-0.2, -0.15) is 0 Å². The quantitative estimate of drug-likeness (QED) is 0.814. The van der Waals surface area contributed by atoms with Crippen LogP contribution in [0.5, 0.6) is 5.75 Å². The summed E-state index contributed by atoms with van der Waals surface area (Å²) in [4.78, 5) is 21.4. The number of aromatic hydroxyl groups is 1. The molecule has 0 atom stereocenters. The Balaban J connectivity index is 1.62. The first-order valence-corrected chi connectivity index (χ1v) is 9.73. The predicted octanol–water partition coefficient (Wildman–Crippen LogP) is 3.44. The van der Waals surface area contributed by atoms with Gasteiger partial charge in [-0.25, -0.2) is 0 Å². The number of phenolic OH excluding ortho intramolecular Hbond substituents is 1. The number of amides is 1. The third kappa shape index (κ3) is 6.07. The van der Waals surface area contributed by atoms with Crippen LogP contribution < -0.4 is 0 Å². The van der Waals surface area contributed by atoms with Crippen LogP contribution in [-0.4, -0.2) is 45.9 Å². The SMILES string of the molecule is CN1CCC(CCC(=O)N(Cc2ccc(O)cc2)Cc2cccnc2)CC1. The molecule has 0 saturated carbocycles. The van der Waals surface area contributed by atoms with E-state index in [1.807, 2.05) is 35.4 Å². The smallest absolute Gasteiger partial charge is 0.223 e. The largest absolute Gasteiger partial charge is 0.508 e. The van der Waals surface area contributed by atoms with E-state index < -0.39 is 0 Å². The Bertz CT molecular complexity index is 710. The number of rotatable bonds is 7. The van der Waals surface area contributed by atoms with Gasteiger partial charge in [0, 0.05) is 31.9 Å². The van der Waals surface area contributed by atoms with Crippen molar-refractivity contribution in [1.82, 2.24) is 14.8 Å². The fourth-order valence-corrected chi connectivity index (χ4v) is 3.60. The van der Waals surface area contributed by atoms with Gasteiger partial charge >= 0.3 is 0 Å². The van der Waals surface area contributed by atoms with Crippen molar-refractivity contribution >= 4 is 5.91 Å². The summed E-state index contributed by atoms with van der Waals surface area (Å²) in [5.74, 6) is 1.08. The fraction of sp³-hybridized carbons (Fsp3) is 0.455. The van der Waals surface area contributed by atoms with E-state index in [4.69, 9.17) is 0 Å². The maximum Gasteiger partial charge on any atom is 0.223 e. The number of hydrogen-bond donors (Lipinski definition) is 1. The van der Waals surface area contributed by atoms with Crippen molar-refractivity contribution in [2.24, 2.45) is 5.92 Å². The van der Waals surface area contributed by atoms with Crippen molar-refractivity contribution < 1.29 is 9.90 Å². The molecule has 1 N–H and O–H groups in total. The highest BCUT2D eigenvalue weighted by Crippen LogP contribution is 2.22. The maximum absolute atomic E-state index is 13.0. The lowest BCUT2D eigenvalue weighted by Gasteiger charge is -2.29. The average molecular weight is 367 g/mol. The molecule has 1 aromatic carbocycles. The number of carbonyl (C=O) groups excluding carboxylic acids is 1. The monoisotopic (exact) mass is 367 g/mol. The lowest BCUT2D eigenvalue weighted by atomic mass is 9.92. The summed E-state index contributed by atoms with van der Waals surface area (Å²) in [6, 6.07) is 11.0. The van der Waals surface area contributed by atoms with E-state index in [0.29, 0.717) is 25.4 Å². The first-order chi connectivity index (χ1) is 13.1. The number of aromatic nitrogens is 1. The second-order valence-electron chi connectivity index (χ2n) is 7.56. The molecule has 0 aliphatic carbocycles. The number of carbonyl (C=O) groups is 1. The van der Waals surface area contributed by atoms with Crippen LogP contribution in [0.1, 0.15) is 36.8 Å². The van der Waals surface area contributed by atoms with Gasteiger partial charge in [0.15, 0.2) is 0 Å². The molecule has 1 aliphatic heterocycles. The van der Waals surface area contributed by atoms with Gasteiger partial charge in [-0.3, -0.25) is 9.78 Å². The third-order valence-corrected chi connectivity index (χ3v) is 5.36. The van der Waals surface area contributed by atoms with E-state index in [0.717, 1.165) is 30.6 Å². The summed E-state index contributed by atoms with van der Waals surface area (Å²) in [5.41, 5.74) is 2.05. The lowest BCUT2D eigenvalue weighted by Crippen LogP contribution is -2.32. The highest BCUT2D eigenvalue weighted by atomic mass is 16.3. The molecule has 5 nitrogen and oxygen atoms in total. The topological polar surface area (TPSA) is 56.7 Å². The Morgan fingerprint density at radius 1 is 1.15 bits per heavy atom. The fourth-order valence-electron chi connectivity index (χ4n) is 3.60. The Morgan fingerprint density at radius 3 is 2.52 bits per heavy atom. The molecule has 1 aliphatic rings. The summed E-state index contributed by atoms with van der Waals surface area (Å²) in [5, 5.41) is 9.49. The molecule has 2 aromatic rings. The Labute approximate surface area is 161 Å². The van der Waals surface area contributed by atoms with Crippen LogP contribution in [0.25, 0.3) is 0 Å². The molecule has 144 valence electrons. The van der Waals surface area contributed by atoms with Gasteiger partial charge in [0.1, 0.15) is 5.75 Å². The van der Waals surface area contributed by atoms with Crippen molar-refractivity contribution in [2.45, 2.75) is 38.8 Å². The van der Waals surface area contributed by atoms with Crippen LogP contribution in [0.3, 0.4) is 0 Å². The van der Waals surface area contributed by atoms with Crippen molar-refractivity contribution in [2.75, 3.05) is 20.1 Å². The van der Waals surface area contributed by atoms with E-state index in [2.05, 4.69) is 16.9 Å². The van der Waals surface area contributed by atoms with E-state index in [9.17, 15) is 9.90 Å². The van der Waals surface area contributed by atoms with Gasteiger partial charge in [-0.15, -0.1) is 0 Å². The molecule has 0 radical (unpaired) electrons. The molecule has 1 saturated heterocycles. The van der Waals surface area contributed by atoms with Crippen LogP contribution in [0.15, 0.2) is 48.8 Å². The molecule has 2 heterocycles.